The Balaban J connectivity index is 1.66. The number of nitrogens with one attached hydrogen (secondary N) is 1. The van der Waals surface area contributed by atoms with E-state index < -0.39 is 0 Å². The van der Waals surface area contributed by atoms with Gasteiger partial charge in [0.25, 0.3) is 0 Å². The Kier molecular flexibility index (Phi) is 6.14. The summed E-state index contributed by atoms with van der Waals surface area (Å²) in [5, 5.41) is 11.6. The minimum atomic E-state index is -0.353. The zero-order valence-electron chi connectivity index (χ0n) is 16.3. The van der Waals surface area contributed by atoms with Gasteiger partial charge >= 0.3 is 0 Å². The average molecular weight is 399 g/mol. The lowest BCUT2D eigenvalue weighted by molar-refractivity contribution is -0.115. The number of hydrogen-bond acceptors (Lipinski definition) is 4. The monoisotopic (exact) mass is 398 g/mol. The highest BCUT2D eigenvalue weighted by atomic mass is 32.2. The summed E-state index contributed by atoms with van der Waals surface area (Å²) in [5.74, 6) is 0.672. The molecule has 1 N–H and O–H groups in total. The van der Waals surface area contributed by atoms with Crippen molar-refractivity contribution in [3.8, 4) is 11.4 Å². The van der Waals surface area contributed by atoms with Crippen LogP contribution in [0.5, 0.6) is 0 Å². The first kappa shape index (κ1) is 20.1. The molecule has 28 heavy (non-hydrogen) atoms. The van der Waals surface area contributed by atoms with E-state index in [1.165, 1.54) is 29.5 Å². The highest BCUT2D eigenvalue weighted by Crippen LogP contribution is 2.26. The molecule has 3 aromatic rings. The fraction of sp³-hybridized carbons (Fsp3) is 0.286. The second-order valence-electron chi connectivity index (χ2n) is 6.90. The molecule has 0 radical (unpaired) electrons. The van der Waals surface area contributed by atoms with Gasteiger partial charge in [-0.25, -0.2) is 4.39 Å². The molecule has 0 fully saturated rings. The van der Waals surface area contributed by atoms with Crippen LogP contribution >= 0.6 is 11.8 Å². The maximum atomic E-state index is 13.1. The van der Waals surface area contributed by atoms with Gasteiger partial charge in [-0.05, 0) is 54.8 Å². The number of aromatic nitrogens is 3. The van der Waals surface area contributed by atoms with Crippen LogP contribution in [0.15, 0.2) is 53.7 Å². The molecule has 1 heterocycles. The molecule has 3 rings (SSSR count). The van der Waals surface area contributed by atoms with Crippen LogP contribution in [0.3, 0.4) is 0 Å². The minimum Gasteiger partial charge on any atom is -0.325 e. The number of hydrogen-bond donors (Lipinski definition) is 1. The van der Waals surface area contributed by atoms with Crippen LogP contribution in [-0.4, -0.2) is 25.9 Å². The Morgan fingerprint density at radius 3 is 2.29 bits per heavy atom. The molecule has 0 saturated heterocycles. The van der Waals surface area contributed by atoms with Crippen LogP contribution in [0, 0.1) is 5.82 Å². The molecular formula is C21H23FN4OS. The van der Waals surface area contributed by atoms with Gasteiger partial charge in [-0.1, -0.05) is 37.7 Å². The summed E-state index contributed by atoms with van der Waals surface area (Å²) in [7, 11) is 1.83. The van der Waals surface area contributed by atoms with E-state index in [9.17, 15) is 9.18 Å². The summed E-state index contributed by atoms with van der Waals surface area (Å²) >= 11 is 1.33. The van der Waals surface area contributed by atoms with Crippen molar-refractivity contribution in [1.29, 1.82) is 0 Å². The van der Waals surface area contributed by atoms with Gasteiger partial charge < -0.3 is 9.88 Å². The second-order valence-corrected chi connectivity index (χ2v) is 8.21. The molecule has 0 saturated carbocycles. The third-order valence-electron chi connectivity index (χ3n) is 4.43. The summed E-state index contributed by atoms with van der Waals surface area (Å²) in [4.78, 5) is 12.5. The SMILES string of the molecule is CC(C)c1ccc(NC(=O)[C@H](C)Sc2nnc(-c3ccc(F)cc3)n2C)cc1. The summed E-state index contributed by atoms with van der Waals surface area (Å²) in [5.41, 5.74) is 2.77. The van der Waals surface area contributed by atoms with Crippen LogP contribution < -0.4 is 5.32 Å². The highest BCUT2D eigenvalue weighted by Gasteiger charge is 2.19. The molecule has 0 bridgehead atoms. The molecule has 1 aromatic heterocycles. The van der Waals surface area contributed by atoms with Gasteiger partial charge in [-0.3, -0.25) is 4.79 Å². The van der Waals surface area contributed by atoms with Crippen LogP contribution in [0.2, 0.25) is 0 Å². The van der Waals surface area contributed by atoms with E-state index in [1.807, 2.05) is 38.2 Å². The fourth-order valence-corrected chi connectivity index (χ4v) is 3.49. The minimum absolute atomic E-state index is 0.103. The molecule has 2 aromatic carbocycles. The van der Waals surface area contributed by atoms with Gasteiger partial charge in [0.05, 0.1) is 5.25 Å². The number of anilines is 1. The molecule has 0 aliphatic heterocycles. The lowest BCUT2D eigenvalue weighted by Crippen LogP contribution is -2.22. The summed E-state index contributed by atoms with van der Waals surface area (Å²) < 4.78 is 14.9. The number of halogens is 1. The maximum absolute atomic E-state index is 13.1. The number of benzene rings is 2. The van der Waals surface area contributed by atoms with Crippen molar-refractivity contribution < 1.29 is 9.18 Å². The van der Waals surface area contributed by atoms with Crippen LogP contribution in [0.1, 0.15) is 32.3 Å². The van der Waals surface area contributed by atoms with E-state index in [-0.39, 0.29) is 17.0 Å². The summed E-state index contributed by atoms with van der Waals surface area (Å²) in [6.07, 6.45) is 0. The topological polar surface area (TPSA) is 59.8 Å². The molecule has 146 valence electrons. The van der Waals surface area contributed by atoms with Gasteiger partial charge in [0.15, 0.2) is 11.0 Å². The zero-order valence-corrected chi connectivity index (χ0v) is 17.1. The van der Waals surface area contributed by atoms with Gasteiger partial charge in [0.2, 0.25) is 5.91 Å². The highest BCUT2D eigenvalue weighted by molar-refractivity contribution is 8.00. The van der Waals surface area contributed by atoms with Crippen LogP contribution in [0.4, 0.5) is 10.1 Å². The quantitative estimate of drug-likeness (QED) is 0.602. The van der Waals surface area contributed by atoms with Crippen molar-refractivity contribution >= 4 is 23.4 Å². The van der Waals surface area contributed by atoms with Gasteiger partial charge in [-0.15, -0.1) is 10.2 Å². The maximum Gasteiger partial charge on any atom is 0.237 e. The standard InChI is InChI=1S/C21H23FN4OS/c1-13(2)15-7-11-18(12-8-15)23-20(27)14(3)28-21-25-24-19(26(21)4)16-5-9-17(22)10-6-16/h5-14H,1-4H3,(H,23,27)/t14-/m0/s1. The van der Waals surface area contributed by atoms with Crippen molar-refractivity contribution in [2.24, 2.45) is 7.05 Å². The Morgan fingerprint density at radius 2 is 1.68 bits per heavy atom. The molecule has 0 aliphatic rings. The van der Waals surface area contributed by atoms with E-state index in [1.54, 1.807) is 16.7 Å². The third-order valence-corrected chi connectivity index (χ3v) is 5.57. The number of amides is 1. The number of carbonyl (C=O) groups excluding carboxylic acids is 1. The second kappa shape index (κ2) is 8.56. The number of carbonyl (C=O) groups is 1. The Hall–Kier alpha value is -2.67. The molecular weight excluding hydrogens is 375 g/mol. The third kappa shape index (κ3) is 4.59. The first-order valence-corrected chi connectivity index (χ1v) is 9.96. The van der Waals surface area contributed by atoms with Crippen molar-refractivity contribution in [3.05, 3.63) is 59.9 Å². The van der Waals surface area contributed by atoms with Crippen molar-refractivity contribution in [1.82, 2.24) is 14.8 Å². The van der Waals surface area contributed by atoms with Gasteiger partial charge in [0.1, 0.15) is 5.82 Å². The largest absolute Gasteiger partial charge is 0.325 e. The zero-order chi connectivity index (χ0) is 20.3. The van der Waals surface area contributed by atoms with E-state index in [2.05, 4.69) is 29.4 Å². The molecule has 0 aliphatic carbocycles. The Labute approximate surface area is 168 Å². The molecule has 1 amide bonds. The van der Waals surface area contributed by atoms with Gasteiger partial charge in [-0.2, -0.15) is 0 Å². The Morgan fingerprint density at radius 1 is 1.04 bits per heavy atom. The van der Waals surface area contributed by atoms with Crippen LogP contribution in [0.25, 0.3) is 11.4 Å². The Bertz CT molecular complexity index is 952. The number of nitrogens with zero attached hydrogens (tertiary/aromatic N) is 3. The van der Waals surface area contributed by atoms with Gasteiger partial charge in [0, 0.05) is 18.3 Å². The molecule has 1 atom stereocenters. The normalized spacial score (nSPS) is 12.2. The van der Waals surface area contributed by atoms with E-state index in [4.69, 9.17) is 0 Å². The molecule has 0 spiro atoms. The van der Waals surface area contributed by atoms with E-state index in [0.717, 1.165) is 11.3 Å². The average Bonchev–Trinajstić information content (AvgIpc) is 3.03. The first-order valence-electron chi connectivity index (χ1n) is 9.08. The molecule has 5 nitrogen and oxygen atoms in total. The number of rotatable bonds is 6. The van der Waals surface area contributed by atoms with E-state index in [0.29, 0.717) is 16.9 Å². The lowest BCUT2D eigenvalue weighted by Gasteiger charge is -2.12. The van der Waals surface area contributed by atoms with Crippen molar-refractivity contribution in [2.75, 3.05) is 5.32 Å². The van der Waals surface area contributed by atoms with E-state index >= 15 is 0 Å². The molecule has 0 unspecified atom stereocenters. The molecule has 7 heteroatoms. The predicted molar refractivity (Wildman–Crippen MR) is 111 cm³/mol. The number of thioether (sulfide) groups is 1. The van der Waals surface area contributed by atoms with Crippen molar-refractivity contribution in [2.45, 2.75) is 37.1 Å². The van der Waals surface area contributed by atoms with Crippen LogP contribution in [-0.2, 0) is 11.8 Å². The summed E-state index contributed by atoms with van der Waals surface area (Å²) in [6, 6.07) is 14.0. The lowest BCUT2D eigenvalue weighted by atomic mass is 10.0. The van der Waals surface area contributed by atoms with Crippen molar-refractivity contribution in [3.63, 3.8) is 0 Å². The summed E-state index contributed by atoms with van der Waals surface area (Å²) in [6.45, 7) is 6.09. The first-order chi connectivity index (χ1) is 13.3. The smallest absolute Gasteiger partial charge is 0.237 e. The predicted octanol–water partition coefficient (Wildman–Crippen LogP) is 4.86. The fourth-order valence-electron chi connectivity index (χ4n) is 2.67.